The van der Waals surface area contributed by atoms with Gasteiger partial charge in [0.15, 0.2) is 0 Å². The van der Waals surface area contributed by atoms with Crippen LogP contribution in [-0.2, 0) is 14.2 Å². The Morgan fingerprint density at radius 1 is 0.234 bits per heavy atom. The van der Waals surface area contributed by atoms with Gasteiger partial charge in [0.1, 0.15) is 0 Å². The molecule has 34 nitrogen and oxygen atoms in total. The molecule has 3 aromatic rings. The van der Waals surface area contributed by atoms with E-state index in [1.54, 1.807) is 6.92 Å². The van der Waals surface area contributed by atoms with Crippen molar-refractivity contribution < 1.29 is 167 Å². The molecule has 0 aliphatic rings. The highest BCUT2D eigenvalue weighted by molar-refractivity contribution is 6.29. The van der Waals surface area contributed by atoms with E-state index < -0.39 is 214 Å². The summed E-state index contributed by atoms with van der Waals surface area (Å²) < 4.78 is 13.7. The van der Waals surface area contributed by atoms with Gasteiger partial charge in [0, 0.05) is 0 Å². The van der Waals surface area contributed by atoms with Crippen LogP contribution in [0.1, 0.15) is 225 Å². The summed E-state index contributed by atoms with van der Waals surface area (Å²) in [7, 11) is 0. The van der Waals surface area contributed by atoms with Crippen molar-refractivity contribution in [2.45, 2.75) is 39.0 Å². The minimum Gasteiger partial charge on any atom is -0.478 e. The van der Waals surface area contributed by atoms with Crippen LogP contribution in [0.2, 0.25) is 0 Å². The fourth-order valence-electron chi connectivity index (χ4n) is 7.37. The molecule has 13 N–H and O–H groups in total. The molecule has 404 valence electrons. The fraction of sp³-hybridized carbons (Fsp3) is 0.163. The maximum absolute atomic E-state index is 14.5. The number of hydrogen-bond acceptors (Lipinski definition) is 21. The van der Waals surface area contributed by atoms with E-state index in [0.29, 0.717) is 19.3 Å². The molecule has 0 aliphatic carbocycles. The molecular formula is C43H28O34. The minimum atomic E-state index is -3.13. The molecule has 77 heavy (non-hydrogen) atoms. The van der Waals surface area contributed by atoms with Crippen molar-refractivity contribution in [1.29, 1.82) is 0 Å². The molecular weight excluding hydrogens is 1060 g/mol. The predicted molar refractivity (Wildman–Crippen MR) is 228 cm³/mol. The van der Waals surface area contributed by atoms with E-state index in [-0.39, 0.29) is 12.8 Å². The first-order chi connectivity index (χ1) is 35.6. The van der Waals surface area contributed by atoms with Crippen LogP contribution in [0.4, 0.5) is 0 Å². The first-order valence-corrected chi connectivity index (χ1v) is 20.1. The van der Waals surface area contributed by atoms with Gasteiger partial charge in [0.2, 0.25) is 0 Å². The van der Waals surface area contributed by atoms with Gasteiger partial charge in [0.25, 0.3) is 0 Å². The Labute approximate surface area is 419 Å². The number of carboxylic acids is 13. The molecule has 0 fully saturated rings. The second kappa shape index (κ2) is 23.4. The first kappa shape index (κ1) is 59.8. The van der Waals surface area contributed by atoms with Gasteiger partial charge in [0.05, 0.1) is 107 Å². The van der Waals surface area contributed by atoms with E-state index in [4.69, 9.17) is 4.74 Å². The molecule has 0 atom stereocenters. The number of hydrogen-bond donors (Lipinski definition) is 13. The number of benzene rings is 3. The summed E-state index contributed by atoms with van der Waals surface area (Å²) in [5, 5.41) is 130. The summed E-state index contributed by atoms with van der Waals surface area (Å²) in [6, 6.07) is 0. The molecule has 0 radical (unpaired) electrons. The van der Waals surface area contributed by atoms with Crippen molar-refractivity contribution in [3.8, 4) is 0 Å². The van der Waals surface area contributed by atoms with Crippen LogP contribution in [-0.4, -0.2) is 180 Å². The number of carbonyl (C=O) groups is 18. The average molecular weight is 1090 g/mol. The highest BCUT2D eigenvalue weighted by atomic mass is 16.6. The zero-order valence-corrected chi connectivity index (χ0v) is 37.6. The maximum atomic E-state index is 14.5. The lowest BCUT2D eigenvalue weighted by atomic mass is 9.85. The van der Waals surface area contributed by atoms with Crippen LogP contribution in [0.15, 0.2) is 0 Å². The van der Waals surface area contributed by atoms with E-state index in [0.717, 1.165) is 0 Å². The van der Waals surface area contributed by atoms with Crippen LogP contribution < -0.4 is 0 Å². The van der Waals surface area contributed by atoms with Gasteiger partial charge < -0.3 is 80.6 Å². The van der Waals surface area contributed by atoms with E-state index >= 15 is 0 Å². The summed E-state index contributed by atoms with van der Waals surface area (Å²) in [6.45, 7) is 0.833. The van der Waals surface area contributed by atoms with Crippen molar-refractivity contribution in [3.63, 3.8) is 0 Å². The van der Waals surface area contributed by atoms with Gasteiger partial charge in [-0.05, 0) is 6.42 Å². The van der Waals surface area contributed by atoms with Crippen LogP contribution >= 0.6 is 0 Å². The molecule has 3 rings (SSSR count). The third kappa shape index (κ3) is 11.4. The Kier molecular flexibility index (Phi) is 18.2. The second-order valence-electron chi connectivity index (χ2n) is 14.6. The van der Waals surface area contributed by atoms with Crippen LogP contribution in [0.25, 0.3) is 0 Å². The number of aromatic carboxylic acids is 13. The summed E-state index contributed by atoms with van der Waals surface area (Å²) in [4.78, 5) is 234. The number of unbranched alkanes of at least 4 members (excludes halogenated alkanes) is 4. The Bertz CT molecular complexity index is 3220. The lowest BCUT2D eigenvalue weighted by Crippen LogP contribution is -2.33. The number of rotatable bonds is 24. The number of carboxylic acid groups (broad SMARTS) is 13. The van der Waals surface area contributed by atoms with Crippen LogP contribution in [0.3, 0.4) is 0 Å². The third-order valence-corrected chi connectivity index (χ3v) is 10.2. The topological polar surface area (TPSA) is 598 Å². The SMILES string of the molecule is CCCCCCCOC(=O)c1c(C(=O)O)c(C(=O)O)c(C(=O)O)c(C(=O)OC(=O)c2c(C(=O)O)c(C(=O)O)c(C(=O)O)c(C(=O)O)c2C(=O)O)c1C(=O)OC(=O)c1c(C(=O)O)c(C(=O)O)c(C(=O)O)c(C(=O)O)c1C(=O)O. The van der Waals surface area contributed by atoms with Gasteiger partial charge in [-0.3, -0.25) is 0 Å². The van der Waals surface area contributed by atoms with E-state index in [2.05, 4.69) is 9.47 Å². The van der Waals surface area contributed by atoms with Gasteiger partial charge >= 0.3 is 107 Å². The van der Waals surface area contributed by atoms with Gasteiger partial charge in [-0.15, -0.1) is 0 Å². The fourth-order valence-corrected chi connectivity index (χ4v) is 7.37. The zero-order chi connectivity index (χ0) is 59.1. The van der Waals surface area contributed by atoms with Crippen molar-refractivity contribution in [1.82, 2.24) is 0 Å². The second-order valence-corrected chi connectivity index (χ2v) is 14.6. The molecule has 0 amide bonds. The van der Waals surface area contributed by atoms with Crippen LogP contribution in [0.5, 0.6) is 0 Å². The predicted octanol–water partition coefficient (Wildman–Crippen LogP) is 1.88. The number of ether oxygens (including phenoxy) is 3. The maximum Gasteiger partial charge on any atom is 0.347 e. The Morgan fingerprint density at radius 3 is 0.584 bits per heavy atom. The Hall–Kier alpha value is -11.5. The molecule has 0 unspecified atom stereocenters. The molecule has 0 aliphatic heterocycles. The largest absolute Gasteiger partial charge is 0.478 e. The molecule has 3 aromatic carbocycles. The summed E-state index contributed by atoms with van der Waals surface area (Å²) in [5.41, 5.74) is -42.4. The summed E-state index contributed by atoms with van der Waals surface area (Å²) in [6.07, 6.45) is 1.47. The molecule has 0 saturated heterocycles. The molecule has 0 aromatic heterocycles. The molecule has 0 saturated carbocycles. The van der Waals surface area contributed by atoms with Gasteiger partial charge in [-0.2, -0.15) is 0 Å². The molecule has 0 bridgehead atoms. The normalized spacial score (nSPS) is 10.5. The highest BCUT2D eigenvalue weighted by Gasteiger charge is 2.47. The van der Waals surface area contributed by atoms with Crippen molar-refractivity contribution in [2.24, 2.45) is 0 Å². The van der Waals surface area contributed by atoms with Crippen molar-refractivity contribution in [3.05, 3.63) is 100 Å². The minimum absolute atomic E-state index is 0.154. The standard InChI is InChI=1S/C43H28O34/c1-2-3-4-5-6-7-75-39(70)23-19(37(66)67)14(32(56)57)20(38(68)69)24(42(73)76-40(71)21-15(33(58)59)10(28(48)49)8(26(44)45)11(29(50)51)16(21)34(60)61)25(23)43(74)77-41(72)22-17(35(62)63)12(30(52)53)9(27(46)47)13(31(54)55)18(22)36(64)65/h2-7H2,1H3,(H,44,45)(H,46,47)(H,48,49)(H,50,51)(H,52,53)(H,54,55)(H,56,57)(H,58,59)(H,60,61)(H,62,63)(H,64,65)(H,66,67)(H,68,69). The Morgan fingerprint density at radius 2 is 0.390 bits per heavy atom. The third-order valence-electron chi connectivity index (χ3n) is 10.2. The van der Waals surface area contributed by atoms with Crippen LogP contribution in [0, 0.1) is 0 Å². The average Bonchev–Trinajstić information content (AvgIpc) is 3.30. The molecule has 34 heteroatoms. The lowest BCUT2D eigenvalue weighted by Gasteiger charge is -2.21. The van der Waals surface area contributed by atoms with Gasteiger partial charge in [-0.1, -0.05) is 32.6 Å². The quantitative estimate of drug-likeness (QED) is 0.0263. The molecule has 0 spiro atoms. The van der Waals surface area contributed by atoms with Gasteiger partial charge in [-0.25, -0.2) is 86.3 Å². The first-order valence-electron chi connectivity index (χ1n) is 20.1. The Balaban J connectivity index is 2.80. The molecule has 0 heterocycles. The van der Waals surface area contributed by atoms with E-state index in [1.807, 2.05) is 0 Å². The smallest absolute Gasteiger partial charge is 0.347 e. The highest BCUT2D eigenvalue weighted by Crippen LogP contribution is 2.36. The number of carbonyl (C=O) groups excluding carboxylic acids is 5. The zero-order valence-electron chi connectivity index (χ0n) is 37.6. The van der Waals surface area contributed by atoms with Crippen molar-refractivity contribution in [2.75, 3.05) is 6.61 Å². The lowest BCUT2D eigenvalue weighted by molar-refractivity contribution is 0.0342. The summed E-state index contributed by atoms with van der Waals surface area (Å²) in [5.74, 6) is -51.4. The summed E-state index contributed by atoms with van der Waals surface area (Å²) >= 11 is 0. The van der Waals surface area contributed by atoms with Crippen molar-refractivity contribution >= 4 is 107 Å². The monoisotopic (exact) mass is 1090 g/mol. The number of esters is 5. The van der Waals surface area contributed by atoms with E-state index in [1.165, 1.54) is 0 Å². The van der Waals surface area contributed by atoms with E-state index in [9.17, 15) is 153 Å².